The van der Waals surface area contributed by atoms with Crippen molar-refractivity contribution in [1.82, 2.24) is 10.2 Å². The Labute approximate surface area is 66.9 Å². The van der Waals surface area contributed by atoms with Crippen LogP contribution in [0.3, 0.4) is 0 Å². The molecule has 11 heavy (non-hydrogen) atoms. The molecule has 1 atom stereocenters. The Morgan fingerprint density at radius 1 is 1.73 bits per heavy atom. The largest absolute Gasteiger partial charge is 0.249 e. The fourth-order valence-electron chi connectivity index (χ4n) is 0.912. The molecule has 2 N–H and O–H groups in total. The van der Waals surface area contributed by atoms with Crippen molar-refractivity contribution in [3.8, 4) is 0 Å². The van der Waals surface area contributed by atoms with Gasteiger partial charge in [0.25, 0.3) is 0 Å². The van der Waals surface area contributed by atoms with Gasteiger partial charge in [-0.1, -0.05) is 6.92 Å². The molecule has 1 heterocycles. The third-order valence-corrected chi connectivity index (χ3v) is 1.60. The van der Waals surface area contributed by atoms with Crippen molar-refractivity contribution in [2.75, 3.05) is 6.54 Å². The first kappa shape index (κ1) is 8.27. The lowest BCUT2D eigenvalue weighted by Gasteiger charge is -2.32. The number of rotatable bonds is 2. The van der Waals surface area contributed by atoms with Gasteiger partial charge in [-0.25, -0.2) is 11.0 Å². The number of hydrogen-bond acceptors (Lipinski definition) is 4. The zero-order valence-corrected chi connectivity index (χ0v) is 6.99. The highest BCUT2D eigenvalue weighted by Crippen LogP contribution is 2.04. The topological polar surface area (TPSA) is 44.9 Å². The van der Waals surface area contributed by atoms with E-state index < -0.39 is 0 Å². The minimum Gasteiger partial charge on any atom is -0.249 e. The van der Waals surface area contributed by atoms with Gasteiger partial charge in [-0.2, -0.15) is 0 Å². The zero-order chi connectivity index (χ0) is 8.27. The molecule has 1 unspecified atom stereocenters. The van der Waals surface area contributed by atoms with Crippen LogP contribution in [0.2, 0.25) is 0 Å². The Bertz CT molecular complexity index is 183. The summed E-state index contributed by atoms with van der Waals surface area (Å²) in [4.78, 5) is 0. The molecule has 0 saturated heterocycles. The third kappa shape index (κ3) is 1.80. The standard InChI is InChI=1S/C7H14N4/c1-3-6-10-9-5-4-7(2)11(10)8/h4,7H,3,6,8H2,1-2H3. The summed E-state index contributed by atoms with van der Waals surface area (Å²) in [5, 5.41) is 7.32. The van der Waals surface area contributed by atoms with Gasteiger partial charge in [-0.05, 0) is 19.4 Å². The van der Waals surface area contributed by atoms with Crippen molar-refractivity contribution in [2.24, 2.45) is 10.9 Å². The van der Waals surface area contributed by atoms with E-state index in [-0.39, 0.29) is 6.04 Å². The van der Waals surface area contributed by atoms with Crippen LogP contribution in [0.25, 0.3) is 0 Å². The van der Waals surface area contributed by atoms with Gasteiger partial charge in [0.1, 0.15) is 0 Å². The molecule has 0 spiro atoms. The first-order valence-corrected chi connectivity index (χ1v) is 3.86. The molecule has 1 aliphatic heterocycles. The minimum absolute atomic E-state index is 0.194. The number of nitrogens with zero attached hydrogens (tertiary/aromatic N) is 3. The van der Waals surface area contributed by atoms with E-state index in [2.05, 4.69) is 17.9 Å². The fraction of sp³-hybridized carbons (Fsp3) is 0.714. The first-order valence-electron chi connectivity index (χ1n) is 3.86. The molecule has 0 aromatic heterocycles. The van der Waals surface area contributed by atoms with Gasteiger partial charge in [0.05, 0.1) is 12.6 Å². The van der Waals surface area contributed by atoms with E-state index in [9.17, 15) is 0 Å². The highest BCUT2D eigenvalue weighted by atomic mass is 15.9. The van der Waals surface area contributed by atoms with Crippen molar-refractivity contribution >= 4 is 5.87 Å². The second kappa shape index (κ2) is 3.53. The lowest BCUT2D eigenvalue weighted by Crippen LogP contribution is -2.50. The van der Waals surface area contributed by atoms with Crippen LogP contribution in [0.5, 0.6) is 0 Å². The number of hydrazone groups is 1. The summed E-state index contributed by atoms with van der Waals surface area (Å²) in [6.45, 7) is 4.94. The third-order valence-electron chi connectivity index (χ3n) is 1.60. The van der Waals surface area contributed by atoms with Gasteiger partial charge >= 0.3 is 0 Å². The second-order valence-corrected chi connectivity index (χ2v) is 2.61. The molecule has 4 nitrogen and oxygen atoms in total. The fourth-order valence-corrected chi connectivity index (χ4v) is 0.912. The van der Waals surface area contributed by atoms with E-state index in [0.717, 1.165) is 13.0 Å². The van der Waals surface area contributed by atoms with E-state index >= 15 is 0 Å². The second-order valence-electron chi connectivity index (χ2n) is 2.61. The SMILES string of the molecule is CCCN1N=C=CC(C)N1N. The molecule has 1 rings (SSSR count). The van der Waals surface area contributed by atoms with Crippen LogP contribution in [-0.2, 0) is 0 Å². The smallest absolute Gasteiger partial charge is 0.0706 e. The molecule has 0 amide bonds. The molecule has 1 aliphatic rings. The summed E-state index contributed by atoms with van der Waals surface area (Å²) >= 11 is 0. The highest BCUT2D eigenvalue weighted by Gasteiger charge is 2.15. The van der Waals surface area contributed by atoms with Gasteiger partial charge in [-0.15, -0.1) is 10.2 Å². The summed E-state index contributed by atoms with van der Waals surface area (Å²) in [5.74, 6) is 8.51. The summed E-state index contributed by atoms with van der Waals surface area (Å²) in [6.07, 6.45) is 2.87. The van der Waals surface area contributed by atoms with Crippen LogP contribution in [0.4, 0.5) is 0 Å². The van der Waals surface area contributed by atoms with E-state index in [1.807, 2.05) is 13.0 Å². The molecular weight excluding hydrogens is 140 g/mol. The zero-order valence-electron chi connectivity index (χ0n) is 6.99. The van der Waals surface area contributed by atoms with Gasteiger partial charge in [0.15, 0.2) is 0 Å². The molecule has 0 saturated carbocycles. The normalized spacial score (nSPS) is 24.6. The molecule has 0 aromatic carbocycles. The number of nitrogens with two attached hydrogens (primary N) is 1. The molecule has 4 heteroatoms. The molecule has 0 aliphatic carbocycles. The van der Waals surface area contributed by atoms with Crippen LogP contribution >= 0.6 is 0 Å². The van der Waals surface area contributed by atoms with Gasteiger partial charge < -0.3 is 0 Å². The van der Waals surface area contributed by atoms with Gasteiger partial charge in [0, 0.05) is 5.87 Å². The van der Waals surface area contributed by atoms with Gasteiger partial charge in [-0.3, -0.25) is 0 Å². The molecule has 0 bridgehead atoms. The summed E-state index contributed by atoms with van der Waals surface area (Å²) in [5.41, 5.74) is 0. The lowest BCUT2D eigenvalue weighted by molar-refractivity contribution is -0.0458. The molecule has 0 aromatic rings. The van der Waals surface area contributed by atoms with Crippen molar-refractivity contribution in [2.45, 2.75) is 26.3 Å². The average molecular weight is 154 g/mol. The Balaban J connectivity index is 2.60. The van der Waals surface area contributed by atoms with Crippen LogP contribution in [0.15, 0.2) is 11.2 Å². The average Bonchev–Trinajstić information content (AvgIpc) is 1.99. The molecule has 62 valence electrons. The summed E-state index contributed by atoms with van der Waals surface area (Å²) in [6, 6.07) is 0.194. The van der Waals surface area contributed by atoms with Crippen LogP contribution in [0.1, 0.15) is 20.3 Å². The monoisotopic (exact) mass is 154 g/mol. The predicted octanol–water partition coefficient (Wildman–Crippen LogP) is 0.332. The summed E-state index contributed by atoms with van der Waals surface area (Å²) < 4.78 is 0. The maximum Gasteiger partial charge on any atom is 0.0706 e. The van der Waals surface area contributed by atoms with E-state index in [0.29, 0.717) is 0 Å². The Morgan fingerprint density at radius 2 is 2.45 bits per heavy atom. The van der Waals surface area contributed by atoms with Crippen molar-refractivity contribution in [3.05, 3.63) is 6.08 Å². The van der Waals surface area contributed by atoms with Gasteiger partial charge in [0.2, 0.25) is 0 Å². The van der Waals surface area contributed by atoms with Crippen molar-refractivity contribution in [1.29, 1.82) is 0 Å². The van der Waals surface area contributed by atoms with Crippen LogP contribution in [0, 0.1) is 0 Å². The predicted molar refractivity (Wildman–Crippen MR) is 44.5 cm³/mol. The molecule has 0 radical (unpaired) electrons. The first-order chi connectivity index (χ1) is 5.25. The van der Waals surface area contributed by atoms with Crippen LogP contribution in [-0.4, -0.2) is 28.7 Å². The quantitative estimate of drug-likeness (QED) is 0.583. The van der Waals surface area contributed by atoms with Crippen molar-refractivity contribution < 1.29 is 0 Å². The van der Waals surface area contributed by atoms with E-state index in [1.165, 1.54) is 0 Å². The summed E-state index contributed by atoms with van der Waals surface area (Å²) in [7, 11) is 0. The van der Waals surface area contributed by atoms with E-state index in [1.54, 1.807) is 10.2 Å². The van der Waals surface area contributed by atoms with Crippen LogP contribution < -0.4 is 5.84 Å². The Hall–Kier alpha value is -0.830. The lowest BCUT2D eigenvalue weighted by atomic mass is 10.3. The van der Waals surface area contributed by atoms with Crippen molar-refractivity contribution in [3.63, 3.8) is 0 Å². The maximum absolute atomic E-state index is 5.70. The number of hydrazine groups is 2. The maximum atomic E-state index is 5.70. The molecular formula is C7H14N4. The Kier molecular flexibility index (Phi) is 2.65. The minimum atomic E-state index is 0.194. The highest BCUT2D eigenvalue weighted by molar-refractivity contribution is 5.53. The number of hydrogen-bond donors (Lipinski definition) is 1. The molecule has 0 fully saturated rings. The van der Waals surface area contributed by atoms with E-state index in [4.69, 9.17) is 5.84 Å². The Morgan fingerprint density at radius 3 is 3.09 bits per heavy atom.